The Morgan fingerprint density at radius 3 is 1.79 bits per heavy atom. The number of alkyl halides is 9. The van der Waals surface area contributed by atoms with Crippen molar-refractivity contribution in [2.75, 3.05) is 7.11 Å². The van der Waals surface area contributed by atoms with Crippen LogP contribution in [0.5, 0.6) is 0 Å². The maximum absolute atomic E-state index is 13.1. The van der Waals surface area contributed by atoms with Gasteiger partial charge in [0.15, 0.2) is 0 Å². The Hall–Kier alpha value is -3.43. The van der Waals surface area contributed by atoms with E-state index < -0.39 is 60.0 Å². The lowest BCUT2D eigenvalue weighted by atomic mass is 10.0. The Morgan fingerprint density at radius 1 is 0.848 bits per heavy atom. The summed E-state index contributed by atoms with van der Waals surface area (Å²) in [5, 5.41) is 9.15. The zero-order valence-electron chi connectivity index (χ0n) is 16.5. The van der Waals surface area contributed by atoms with Gasteiger partial charge in [-0.05, 0) is 47.5 Å². The van der Waals surface area contributed by atoms with Crippen LogP contribution in [0.1, 0.15) is 33.4 Å². The molecule has 0 unspecified atom stereocenters. The van der Waals surface area contributed by atoms with Crippen LogP contribution in [0.25, 0.3) is 0 Å². The van der Waals surface area contributed by atoms with Gasteiger partial charge < -0.3 is 4.74 Å². The Bertz CT molecular complexity index is 1030. The van der Waals surface area contributed by atoms with Crippen LogP contribution >= 0.6 is 0 Å². The van der Waals surface area contributed by atoms with Crippen molar-refractivity contribution < 1.29 is 49.0 Å². The number of rotatable bonds is 4. The summed E-state index contributed by atoms with van der Waals surface area (Å²) in [6.45, 7) is -1.63. The molecule has 0 aliphatic carbocycles. The number of benzene rings is 2. The summed E-state index contributed by atoms with van der Waals surface area (Å²) in [7, 11) is 0.861. The van der Waals surface area contributed by atoms with Crippen molar-refractivity contribution in [1.29, 1.82) is 5.26 Å². The average molecular weight is 484 g/mol. The van der Waals surface area contributed by atoms with Gasteiger partial charge in [0, 0.05) is 6.54 Å². The van der Waals surface area contributed by atoms with Gasteiger partial charge in [-0.25, -0.2) is 4.79 Å². The fourth-order valence-corrected chi connectivity index (χ4v) is 2.86. The average Bonchev–Trinajstić information content (AvgIpc) is 2.70. The molecule has 0 aromatic heterocycles. The minimum absolute atomic E-state index is 0.105. The SMILES string of the molecule is COC(=O)N(Cc1cc(C(F)(F)F)cc(C(F)(F)F)c1)Cc1cc(C(F)(F)F)ccc1C#N. The highest BCUT2D eigenvalue weighted by atomic mass is 19.4. The van der Waals surface area contributed by atoms with Crippen molar-refractivity contribution in [3.8, 4) is 6.07 Å². The van der Waals surface area contributed by atoms with Crippen molar-refractivity contribution in [2.45, 2.75) is 31.6 Å². The maximum Gasteiger partial charge on any atom is 0.416 e. The highest BCUT2D eigenvalue weighted by Crippen LogP contribution is 2.37. The number of ether oxygens (including phenoxy) is 1. The molecule has 1 amide bonds. The minimum Gasteiger partial charge on any atom is -0.453 e. The molecule has 0 spiro atoms. The van der Waals surface area contributed by atoms with E-state index in [1.807, 2.05) is 0 Å². The van der Waals surface area contributed by atoms with Crippen LogP contribution in [0.3, 0.4) is 0 Å². The second-order valence-corrected chi connectivity index (χ2v) is 6.72. The van der Waals surface area contributed by atoms with E-state index in [1.165, 1.54) is 0 Å². The van der Waals surface area contributed by atoms with Crippen molar-refractivity contribution >= 4 is 6.09 Å². The summed E-state index contributed by atoms with van der Waals surface area (Å²) in [5.41, 5.74) is -5.65. The van der Waals surface area contributed by atoms with Crippen LogP contribution in [0.15, 0.2) is 36.4 Å². The van der Waals surface area contributed by atoms with Gasteiger partial charge in [-0.1, -0.05) is 0 Å². The topological polar surface area (TPSA) is 53.3 Å². The molecule has 0 saturated carbocycles. The molecule has 0 bridgehead atoms. The molecule has 0 heterocycles. The number of methoxy groups -OCH3 is 1. The van der Waals surface area contributed by atoms with Crippen LogP contribution in [0.4, 0.5) is 44.3 Å². The Labute approximate surface area is 180 Å². The second kappa shape index (κ2) is 9.21. The number of halogens is 9. The van der Waals surface area contributed by atoms with E-state index in [1.54, 1.807) is 6.07 Å². The molecular weight excluding hydrogens is 471 g/mol. The smallest absolute Gasteiger partial charge is 0.416 e. The first-order valence-corrected chi connectivity index (χ1v) is 8.77. The lowest BCUT2D eigenvalue weighted by Crippen LogP contribution is -2.30. The number of nitriles is 1. The zero-order chi connectivity index (χ0) is 25.2. The normalized spacial score (nSPS) is 12.3. The lowest BCUT2D eigenvalue weighted by Gasteiger charge is -2.23. The fraction of sp³-hybridized carbons (Fsp3) is 0.300. The van der Waals surface area contributed by atoms with E-state index in [9.17, 15) is 44.3 Å². The Kier molecular flexibility index (Phi) is 7.20. The molecule has 178 valence electrons. The van der Waals surface area contributed by atoms with Gasteiger partial charge in [0.05, 0.1) is 42.0 Å². The van der Waals surface area contributed by atoms with Gasteiger partial charge in [-0.2, -0.15) is 44.8 Å². The van der Waals surface area contributed by atoms with Gasteiger partial charge in [0.2, 0.25) is 0 Å². The standard InChI is InChI=1S/C20H13F9N2O2/c1-33-17(32)31(10-13-6-14(18(21,22)23)3-2-12(13)8-30)9-11-4-15(19(24,25)26)7-16(5-11)20(27,28)29/h2-7H,9-10H2,1H3. The number of hydrogen-bond donors (Lipinski definition) is 0. The number of nitrogens with zero attached hydrogens (tertiary/aromatic N) is 2. The molecule has 13 heteroatoms. The third-order valence-electron chi connectivity index (χ3n) is 4.37. The molecular formula is C20H13F9N2O2. The number of hydrogen-bond acceptors (Lipinski definition) is 3. The van der Waals surface area contributed by atoms with Gasteiger partial charge >= 0.3 is 24.6 Å². The number of amides is 1. The zero-order valence-corrected chi connectivity index (χ0v) is 16.5. The summed E-state index contributed by atoms with van der Waals surface area (Å²) < 4.78 is 122. The van der Waals surface area contributed by atoms with Crippen LogP contribution in [-0.4, -0.2) is 18.1 Å². The van der Waals surface area contributed by atoms with E-state index in [4.69, 9.17) is 5.26 Å². The number of carbonyl (C=O) groups excluding carboxylic acids is 1. The molecule has 0 N–H and O–H groups in total. The highest BCUT2D eigenvalue weighted by molar-refractivity contribution is 5.67. The van der Waals surface area contributed by atoms with E-state index in [0.29, 0.717) is 29.2 Å². The van der Waals surface area contributed by atoms with Crippen LogP contribution in [-0.2, 0) is 36.4 Å². The summed E-state index contributed by atoms with van der Waals surface area (Å²) in [6.07, 6.45) is -16.3. The predicted molar refractivity (Wildman–Crippen MR) is 94.3 cm³/mol. The van der Waals surface area contributed by atoms with Crippen molar-refractivity contribution in [3.63, 3.8) is 0 Å². The molecule has 33 heavy (non-hydrogen) atoms. The van der Waals surface area contributed by atoms with Gasteiger partial charge in [-0.3, -0.25) is 4.90 Å². The quantitative estimate of drug-likeness (QED) is 0.473. The summed E-state index contributed by atoms with van der Waals surface area (Å²) in [5.74, 6) is 0. The molecule has 4 nitrogen and oxygen atoms in total. The molecule has 2 aromatic rings. The summed E-state index contributed by atoms with van der Waals surface area (Å²) >= 11 is 0. The van der Waals surface area contributed by atoms with E-state index in [-0.39, 0.29) is 17.2 Å². The maximum atomic E-state index is 13.1. The first kappa shape index (κ1) is 25.8. The van der Waals surface area contributed by atoms with Crippen molar-refractivity contribution in [1.82, 2.24) is 4.90 Å². The second-order valence-electron chi connectivity index (χ2n) is 6.72. The monoisotopic (exact) mass is 484 g/mol. The van der Waals surface area contributed by atoms with Crippen LogP contribution in [0.2, 0.25) is 0 Å². The van der Waals surface area contributed by atoms with Crippen molar-refractivity contribution in [2.24, 2.45) is 0 Å². The van der Waals surface area contributed by atoms with E-state index in [0.717, 1.165) is 13.2 Å². The van der Waals surface area contributed by atoms with Crippen molar-refractivity contribution in [3.05, 3.63) is 69.8 Å². The van der Waals surface area contributed by atoms with Gasteiger partial charge in [0.25, 0.3) is 0 Å². The van der Waals surface area contributed by atoms with Crippen LogP contribution in [0, 0.1) is 11.3 Å². The fourth-order valence-electron chi connectivity index (χ4n) is 2.86. The largest absolute Gasteiger partial charge is 0.453 e. The first-order chi connectivity index (χ1) is 15.1. The molecule has 2 rings (SSSR count). The molecule has 0 radical (unpaired) electrons. The van der Waals surface area contributed by atoms with E-state index >= 15 is 0 Å². The summed E-state index contributed by atoms with van der Waals surface area (Å²) in [4.78, 5) is 12.7. The highest BCUT2D eigenvalue weighted by Gasteiger charge is 2.37. The first-order valence-electron chi connectivity index (χ1n) is 8.77. The molecule has 0 saturated heterocycles. The molecule has 0 atom stereocenters. The Balaban J connectivity index is 2.53. The molecule has 0 fully saturated rings. The number of carbonyl (C=O) groups is 1. The van der Waals surface area contributed by atoms with Crippen LogP contribution < -0.4 is 0 Å². The third-order valence-corrected chi connectivity index (χ3v) is 4.37. The lowest BCUT2D eigenvalue weighted by molar-refractivity contribution is -0.143. The summed E-state index contributed by atoms with van der Waals surface area (Å²) in [6, 6.07) is 4.27. The van der Waals surface area contributed by atoms with E-state index in [2.05, 4.69) is 4.74 Å². The van der Waals surface area contributed by atoms with Gasteiger partial charge in [0.1, 0.15) is 0 Å². The molecule has 0 aliphatic heterocycles. The predicted octanol–water partition coefficient (Wildman–Crippen LogP) is 6.38. The molecule has 2 aromatic carbocycles. The van der Waals surface area contributed by atoms with Gasteiger partial charge in [-0.15, -0.1) is 0 Å². The Morgan fingerprint density at radius 2 is 1.36 bits per heavy atom. The minimum atomic E-state index is -5.14. The molecule has 0 aliphatic rings. The third kappa shape index (κ3) is 6.53.